The number of carbonyl (C=O) groups excluding carboxylic acids is 1. The molecule has 0 radical (unpaired) electrons. The number of carbonyl (C=O) groups is 1. The molecule has 0 bridgehead atoms. The van der Waals surface area contributed by atoms with Crippen molar-refractivity contribution in [3.8, 4) is 0 Å². The van der Waals surface area contributed by atoms with E-state index in [0.717, 1.165) is 17.5 Å². The van der Waals surface area contributed by atoms with E-state index in [4.69, 9.17) is 0 Å². The van der Waals surface area contributed by atoms with Crippen LogP contribution in [0, 0.1) is 0 Å². The van der Waals surface area contributed by atoms with Gasteiger partial charge >= 0.3 is 0 Å². The summed E-state index contributed by atoms with van der Waals surface area (Å²) in [7, 11) is 0. The van der Waals surface area contributed by atoms with Crippen molar-refractivity contribution in [2.75, 3.05) is 0 Å². The Bertz CT molecular complexity index is 240. The van der Waals surface area contributed by atoms with Gasteiger partial charge in [0, 0.05) is 17.7 Å². The summed E-state index contributed by atoms with van der Waals surface area (Å²) in [5, 5.41) is 6.76. The molecule has 0 aliphatic rings. The summed E-state index contributed by atoms with van der Waals surface area (Å²) in [5.74, 6) is 0.410. The number of aromatic amines is 1. The number of aromatic nitrogens is 2. The van der Waals surface area contributed by atoms with Crippen molar-refractivity contribution < 1.29 is 4.79 Å². The third kappa shape index (κ3) is 1.67. The fourth-order valence-corrected chi connectivity index (χ4v) is 1.07. The second-order valence-electron chi connectivity index (χ2n) is 2.83. The molecule has 3 heteroatoms. The molecule has 0 aliphatic carbocycles. The Kier molecular flexibility index (Phi) is 2.41. The minimum Gasteiger partial charge on any atom is -0.303 e. The van der Waals surface area contributed by atoms with Gasteiger partial charge in [-0.2, -0.15) is 5.10 Å². The number of H-pyrrole nitrogens is 1. The van der Waals surface area contributed by atoms with Crippen LogP contribution in [0.15, 0.2) is 6.20 Å². The van der Waals surface area contributed by atoms with E-state index in [0.29, 0.717) is 12.3 Å². The lowest BCUT2D eigenvalue weighted by atomic mass is 10.1. The molecule has 60 valence electrons. The Labute approximate surface area is 65.8 Å². The molecule has 1 N–H and O–H groups in total. The highest BCUT2D eigenvalue weighted by Crippen LogP contribution is 2.15. The zero-order valence-electron chi connectivity index (χ0n) is 6.79. The van der Waals surface area contributed by atoms with Crippen molar-refractivity contribution >= 4 is 6.29 Å². The molecule has 0 aromatic carbocycles. The maximum absolute atomic E-state index is 10.2. The summed E-state index contributed by atoms with van der Waals surface area (Å²) in [6, 6.07) is 0. The lowest BCUT2D eigenvalue weighted by Crippen LogP contribution is -1.94. The molecule has 3 nitrogen and oxygen atoms in total. The van der Waals surface area contributed by atoms with Crippen molar-refractivity contribution in [2.45, 2.75) is 26.2 Å². The van der Waals surface area contributed by atoms with E-state index in [-0.39, 0.29) is 0 Å². The number of aldehydes is 1. The van der Waals surface area contributed by atoms with Gasteiger partial charge in [-0.1, -0.05) is 13.8 Å². The first-order valence-electron chi connectivity index (χ1n) is 3.71. The van der Waals surface area contributed by atoms with Crippen LogP contribution in [0.3, 0.4) is 0 Å². The Morgan fingerprint density at radius 1 is 1.73 bits per heavy atom. The van der Waals surface area contributed by atoms with Crippen molar-refractivity contribution in [1.82, 2.24) is 10.2 Å². The van der Waals surface area contributed by atoms with Gasteiger partial charge in [0.25, 0.3) is 0 Å². The second-order valence-corrected chi connectivity index (χ2v) is 2.83. The van der Waals surface area contributed by atoms with Crippen LogP contribution in [-0.4, -0.2) is 16.5 Å². The van der Waals surface area contributed by atoms with Crippen LogP contribution in [0.2, 0.25) is 0 Å². The van der Waals surface area contributed by atoms with E-state index in [9.17, 15) is 4.79 Å². The Hall–Kier alpha value is -1.12. The van der Waals surface area contributed by atoms with Crippen molar-refractivity contribution in [1.29, 1.82) is 0 Å². The largest absolute Gasteiger partial charge is 0.303 e. The summed E-state index contributed by atoms with van der Waals surface area (Å²) in [5.41, 5.74) is 2.08. The van der Waals surface area contributed by atoms with Gasteiger partial charge in [0.1, 0.15) is 6.29 Å². The van der Waals surface area contributed by atoms with Gasteiger partial charge in [0.2, 0.25) is 0 Å². The van der Waals surface area contributed by atoms with Gasteiger partial charge in [0.15, 0.2) is 0 Å². The number of nitrogens with zero attached hydrogens (tertiary/aromatic N) is 1. The van der Waals surface area contributed by atoms with Crippen LogP contribution in [0.25, 0.3) is 0 Å². The lowest BCUT2D eigenvalue weighted by Gasteiger charge is -2.01. The highest BCUT2D eigenvalue weighted by Gasteiger charge is 2.07. The van der Waals surface area contributed by atoms with Gasteiger partial charge in [-0.15, -0.1) is 0 Å². The Morgan fingerprint density at radius 2 is 2.45 bits per heavy atom. The molecule has 0 amide bonds. The average Bonchev–Trinajstić information content (AvgIpc) is 2.36. The standard InChI is InChI=1S/C8H12N2O/c1-6(2)8-7(3-4-11)5-9-10-8/h4-6H,3H2,1-2H3,(H,9,10). The summed E-state index contributed by atoms with van der Waals surface area (Å²) in [4.78, 5) is 10.2. The Morgan fingerprint density at radius 3 is 3.00 bits per heavy atom. The van der Waals surface area contributed by atoms with Gasteiger partial charge < -0.3 is 4.79 Å². The predicted octanol–water partition coefficient (Wildman–Crippen LogP) is 1.27. The first kappa shape index (κ1) is 7.98. The summed E-state index contributed by atoms with van der Waals surface area (Å²) in [6.45, 7) is 4.14. The van der Waals surface area contributed by atoms with Crippen LogP contribution in [0.1, 0.15) is 31.0 Å². The molecule has 0 aliphatic heterocycles. The fraction of sp³-hybridized carbons (Fsp3) is 0.500. The van der Waals surface area contributed by atoms with Gasteiger partial charge in [-0.05, 0) is 5.92 Å². The molecule has 1 aromatic rings. The van der Waals surface area contributed by atoms with Crippen molar-refractivity contribution in [2.24, 2.45) is 0 Å². The number of hydrogen-bond donors (Lipinski definition) is 1. The van der Waals surface area contributed by atoms with Crippen molar-refractivity contribution in [3.05, 3.63) is 17.5 Å². The number of rotatable bonds is 3. The van der Waals surface area contributed by atoms with E-state index in [2.05, 4.69) is 24.0 Å². The third-order valence-electron chi connectivity index (χ3n) is 1.63. The summed E-state index contributed by atoms with van der Waals surface area (Å²) in [6.07, 6.45) is 3.07. The topological polar surface area (TPSA) is 45.8 Å². The molecule has 0 unspecified atom stereocenters. The molecule has 0 fully saturated rings. The van der Waals surface area contributed by atoms with E-state index in [1.807, 2.05) is 0 Å². The molecule has 0 saturated heterocycles. The van der Waals surface area contributed by atoms with Crippen LogP contribution in [0.5, 0.6) is 0 Å². The van der Waals surface area contributed by atoms with E-state index in [1.54, 1.807) is 6.20 Å². The smallest absolute Gasteiger partial charge is 0.124 e. The molecule has 0 saturated carbocycles. The fourth-order valence-electron chi connectivity index (χ4n) is 1.07. The third-order valence-corrected chi connectivity index (χ3v) is 1.63. The molecular formula is C8H12N2O. The number of nitrogens with one attached hydrogen (secondary N) is 1. The van der Waals surface area contributed by atoms with Crippen molar-refractivity contribution in [3.63, 3.8) is 0 Å². The first-order chi connectivity index (χ1) is 5.25. The minimum atomic E-state index is 0.410. The minimum absolute atomic E-state index is 0.410. The lowest BCUT2D eigenvalue weighted by molar-refractivity contribution is -0.107. The quantitative estimate of drug-likeness (QED) is 0.663. The highest BCUT2D eigenvalue weighted by atomic mass is 16.1. The molecular weight excluding hydrogens is 140 g/mol. The molecule has 0 spiro atoms. The predicted molar refractivity (Wildman–Crippen MR) is 42.4 cm³/mol. The highest BCUT2D eigenvalue weighted by molar-refractivity contribution is 5.55. The van der Waals surface area contributed by atoms with Crippen LogP contribution in [0.4, 0.5) is 0 Å². The zero-order valence-corrected chi connectivity index (χ0v) is 6.79. The summed E-state index contributed by atoms with van der Waals surface area (Å²) < 4.78 is 0. The average molecular weight is 152 g/mol. The monoisotopic (exact) mass is 152 g/mol. The maximum atomic E-state index is 10.2. The van der Waals surface area contributed by atoms with Crippen LogP contribution >= 0.6 is 0 Å². The second kappa shape index (κ2) is 3.32. The molecule has 1 aromatic heterocycles. The SMILES string of the molecule is CC(C)c1[nH]ncc1CC=O. The molecule has 1 heterocycles. The molecule has 1 rings (SSSR count). The van der Waals surface area contributed by atoms with E-state index < -0.39 is 0 Å². The van der Waals surface area contributed by atoms with Gasteiger partial charge in [-0.25, -0.2) is 0 Å². The van der Waals surface area contributed by atoms with Gasteiger partial charge in [-0.3, -0.25) is 5.10 Å². The maximum Gasteiger partial charge on any atom is 0.124 e. The normalized spacial score (nSPS) is 10.5. The zero-order chi connectivity index (χ0) is 8.27. The molecule has 11 heavy (non-hydrogen) atoms. The van der Waals surface area contributed by atoms with Crippen LogP contribution in [-0.2, 0) is 11.2 Å². The summed E-state index contributed by atoms with van der Waals surface area (Å²) >= 11 is 0. The molecule has 0 atom stereocenters. The first-order valence-corrected chi connectivity index (χ1v) is 3.71. The van der Waals surface area contributed by atoms with E-state index >= 15 is 0 Å². The van der Waals surface area contributed by atoms with E-state index in [1.165, 1.54) is 0 Å². The van der Waals surface area contributed by atoms with Crippen LogP contribution < -0.4 is 0 Å². The Balaban J connectivity index is 2.86. The van der Waals surface area contributed by atoms with Gasteiger partial charge in [0.05, 0.1) is 6.20 Å². The number of hydrogen-bond acceptors (Lipinski definition) is 2.